The maximum Gasteiger partial charge on any atom is 0.300 e. The first-order valence-electron chi connectivity index (χ1n) is 9.75. The van der Waals surface area contributed by atoms with Crippen molar-refractivity contribution in [2.24, 2.45) is 5.73 Å². The van der Waals surface area contributed by atoms with E-state index in [9.17, 15) is 4.79 Å². The Morgan fingerprint density at radius 3 is 2.00 bits per heavy atom. The van der Waals surface area contributed by atoms with Gasteiger partial charge in [0.25, 0.3) is 17.8 Å². The molecule has 1 heterocycles. The first kappa shape index (κ1) is 26.6. The van der Waals surface area contributed by atoms with Gasteiger partial charge in [0.1, 0.15) is 5.84 Å². The lowest BCUT2D eigenvalue weighted by Gasteiger charge is -2.05. The number of benzene rings is 2. The molecule has 2 aromatic carbocycles. The first-order chi connectivity index (χ1) is 15.6. The third-order valence-corrected chi connectivity index (χ3v) is 3.80. The zero-order chi connectivity index (χ0) is 24.8. The fourth-order valence-electron chi connectivity index (χ4n) is 2.42. The van der Waals surface area contributed by atoms with Gasteiger partial charge in [0.15, 0.2) is 0 Å². The molecule has 0 saturated carbocycles. The number of carboxylic acids is 2. The Morgan fingerprint density at radius 1 is 0.939 bits per heavy atom. The molecule has 0 fully saturated rings. The average molecular weight is 453 g/mol. The van der Waals surface area contributed by atoms with Gasteiger partial charge in [-0.1, -0.05) is 54.6 Å². The minimum atomic E-state index is -0.833. The number of nitrogen functional groups attached to an aromatic ring is 1. The average Bonchev–Trinajstić information content (AvgIpc) is 3.21. The highest BCUT2D eigenvalue weighted by Gasteiger charge is 2.09. The van der Waals surface area contributed by atoms with Gasteiger partial charge in [-0.3, -0.25) is 24.5 Å². The molecule has 3 aromatic rings. The van der Waals surface area contributed by atoms with Crippen LogP contribution in [0.25, 0.3) is 0 Å². The van der Waals surface area contributed by atoms with Gasteiger partial charge in [-0.05, 0) is 11.1 Å². The van der Waals surface area contributed by atoms with E-state index in [4.69, 9.17) is 30.9 Å². The Kier molecular flexibility index (Phi) is 11.1. The molecule has 0 atom stereocenters. The van der Waals surface area contributed by atoms with E-state index < -0.39 is 11.9 Å². The summed E-state index contributed by atoms with van der Waals surface area (Å²) in [6.45, 7) is 3.20. The number of hydrogen-bond donors (Lipinski definition) is 5. The van der Waals surface area contributed by atoms with Gasteiger partial charge in [0, 0.05) is 32.2 Å². The van der Waals surface area contributed by atoms with Crippen LogP contribution in [0.15, 0.2) is 67.0 Å². The first-order valence-corrected chi connectivity index (χ1v) is 9.75. The summed E-state index contributed by atoms with van der Waals surface area (Å²) in [5.74, 6) is -1.81. The topological polar surface area (TPSA) is 171 Å². The minimum Gasteiger partial charge on any atom is -0.481 e. The van der Waals surface area contributed by atoms with E-state index in [0.717, 1.165) is 25.0 Å². The number of amidine groups is 1. The zero-order valence-electron chi connectivity index (χ0n) is 18.4. The molecule has 0 aliphatic rings. The summed E-state index contributed by atoms with van der Waals surface area (Å²) in [6.07, 6.45) is 3.30. The normalized spacial score (nSPS) is 9.39. The lowest BCUT2D eigenvalue weighted by molar-refractivity contribution is -0.135. The molecule has 6 N–H and O–H groups in total. The number of aromatic nitrogens is 2. The second-order valence-electron chi connectivity index (χ2n) is 6.74. The van der Waals surface area contributed by atoms with E-state index in [1.165, 1.54) is 0 Å². The summed E-state index contributed by atoms with van der Waals surface area (Å²) >= 11 is 0. The molecular weight excluding hydrogens is 426 g/mol. The SMILES string of the molecule is CC(=O)O.CC(=O)O.N=C(N)c1ccc(CNC(=O)c2cnn(Cc3ccccc3)c2)cc1. The number of rotatable bonds is 6. The smallest absolute Gasteiger partial charge is 0.300 e. The Hall–Kier alpha value is -4.47. The molecule has 0 aliphatic carbocycles. The van der Waals surface area contributed by atoms with Crippen molar-refractivity contribution in [1.29, 1.82) is 5.41 Å². The maximum absolute atomic E-state index is 12.2. The summed E-state index contributed by atoms with van der Waals surface area (Å²) in [5, 5.41) is 29.3. The molecule has 0 unspecified atom stereocenters. The molecule has 0 aliphatic heterocycles. The van der Waals surface area contributed by atoms with Crippen LogP contribution < -0.4 is 11.1 Å². The molecule has 0 saturated heterocycles. The number of nitrogens with zero attached hydrogens (tertiary/aromatic N) is 2. The molecule has 174 valence electrons. The van der Waals surface area contributed by atoms with Gasteiger partial charge < -0.3 is 21.3 Å². The second-order valence-corrected chi connectivity index (χ2v) is 6.74. The zero-order valence-corrected chi connectivity index (χ0v) is 18.4. The van der Waals surface area contributed by atoms with E-state index >= 15 is 0 Å². The number of nitrogens with one attached hydrogen (secondary N) is 2. The van der Waals surface area contributed by atoms with Crippen molar-refractivity contribution in [2.45, 2.75) is 26.9 Å². The highest BCUT2D eigenvalue weighted by atomic mass is 16.4. The van der Waals surface area contributed by atoms with Crippen molar-refractivity contribution in [3.8, 4) is 0 Å². The fourth-order valence-corrected chi connectivity index (χ4v) is 2.42. The summed E-state index contributed by atoms with van der Waals surface area (Å²) < 4.78 is 1.74. The maximum atomic E-state index is 12.2. The highest BCUT2D eigenvalue weighted by Crippen LogP contribution is 2.06. The molecule has 0 bridgehead atoms. The number of amides is 1. The standard InChI is InChI=1S/C19H19N5O.2C2H4O2/c20-18(21)16-8-6-14(7-9-16)10-22-19(25)17-11-23-24(13-17)12-15-4-2-1-3-5-15;2*1-2(3)4/h1-9,11,13H,10,12H2,(H3,20,21)(H,22,25);2*1H3,(H,3,4). The van der Waals surface area contributed by atoms with E-state index in [1.54, 1.807) is 29.2 Å². The molecule has 3 rings (SSSR count). The monoisotopic (exact) mass is 453 g/mol. The van der Waals surface area contributed by atoms with Crippen molar-refractivity contribution in [2.75, 3.05) is 0 Å². The van der Waals surface area contributed by atoms with Crippen LogP contribution in [0.5, 0.6) is 0 Å². The summed E-state index contributed by atoms with van der Waals surface area (Å²) in [5.41, 5.74) is 8.68. The van der Waals surface area contributed by atoms with Gasteiger partial charge in [0.05, 0.1) is 18.3 Å². The number of carbonyl (C=O) groups excluding carboxylic acids is 1. The van der Waals surface area contributed by atoms with Crippen LogP contribution in [0.1, 0.15) is 40.9 Å². The number of carboxylic acid groups (broad SMARTS) is 2. The van der Waals surface area contributed by atoms with E-state index in [-0.39, 0.29) is 11.7 Å². The molecule has 0 radical (unpaired) electrons. The van der Waals surface area contributed by atoms with Crippen LogP contribution in [0.2, 0.25) is 0 Å². The van der Waals surface area contributed by atoms with E-state index in [2.05, 4.69) is 10.4 Å². The van der Waals surface area contributed by atoms with Crippen molar-refractivity contribution in [3.05, 3.63) is 89.2 Å². The van der Waals surface area contributed by atoms with Crippen LogP contribution in [0.4, 0.5) is 0 Å². The molecule has 10 nitrogen and oxygen atoms in total. The number of aliphatic carboxylic acids is 2. The molecule has 0 spiro atoms. The Bertz CT molecular complexity index is 1040. The summed E-state index contributed by atoms with van der Waals surface area (Å²) in [6, 6.07) is 17.2. The third kappa shape index (κ3) is 11.5. The van der Waals surface area contributed by atoms with Crippen LogP contribution in [-0.2, 0) is 22.7 Å². The van der Waals surface area contributed by atoms with E-state index in [0.29, 0.717) is 24.2 Å². The number of hydrogen-bond acceptors (Lipinski definition) is 5. The van der Waals surface area contributed by atoms with E-state index in [1.807, 2.05) is 42.5 Å². The summed E-state index contributed by atoms with van der Waals surface area (Å²) in [4.78, 5) is 30.2. The minimum absolute atomic E-state index is 0.0291. The predicted octanol–water partition coefficient (Wildman–Crippen LogP) is 2.33. The lowest BCUT2D eigenvalue weighted by Crippen LogP contribution is -2.22. The van der Waals surface area contributed by atoms with Crippen molar-refractivity contribution in [3.63, 3.8) is 0 Å². The second kappa shape index (κ2) is 13.8. The lowest BCUT2D eigenvalue weighted by atomic mass is 10.1. The van der Waals surface area contributed by atoms with Crippen LogP contribution in [0.3, 0.4) is 0 Å². The van der Waals surface area contributed by atoms with Crippen molar-refractivity contribution < 1.29 is 24.6 Å². The third-order valence-electron chi connectivity index (χ3n) is 3.80. The largest absolute Gasteiger partial charge is 0.481 e. The van der Waals surface area contributed by atoms with Gasteiger partial charge >= 0.3 is 0 Å². The molecular formula is C23H27N5O5. The Morgan fingerprint density at radius 2 is 1.48 bits per heavy atom. The quantitative estimate of drug-likeness (QED) is 0.281. The number of carbonyl (C=O) groups is 3. The van der Waals surface area contributed by atoms with Gasteiger partial charge in [-0.15, -0.1) is 0 Å². The van der Waals surface area contributed by atoms with Crippen molar-refractivity contribution >= 4 is 23.7 Å². The summed E-state index contributed by atoms with van der Waals surface area (Å²) in [7, 11) is 0. The Balaban J connectivity index is 0.000000591. The predicted molar refractivity (Wildman–Crippen MR) is 123 cm³/mol. The molecule has 10 heteroatoms. The van der Waals surface area contributed by atoms with Gasteiger partial charge in [0.2, 0.25) is 0 Å². The van der Waals surface area contributed by atoms with Gasteiger partial charge in [-0.25, -0.2) is 0 Å². The van der Waals surface area contributed by atoms with Crippen molar-refractivity contribution in [1.82, 2.24) is 15.1 Å². The van der Waals surface area contributed by atoms with Crippen LogP contribution >= 0.6 is 0 Å². The molecule has 1 amide bonds. The Labute approximate surface area is 191 Å². The number of nitrogens with two attached hydrogens (primary N) is 1. The fraction of sp³-hybridized carbons (Fsp3) is 0.174. The van der Waals surface area contributed by atoms with Crippen LogP contribution in [0, 0.1) is 5.41 Å². The highest BCUT2D eigenvalue weighted by molar-refractivity contribution is 5.95. The van der Waals surface area contributed by atoms with Gasteiger partial charge in [-0.2, -0.15) is 5.10 Å². The van der Waals surface area contributed by atoms with Crippen LogP contribution in [-0.4, -0.2) is 43.7 Å². The molecule has 1 aromatic heterocycles. The molecule has 33 heavy (non-hydrogen) atoms.